The summed E-state index contributed by atoms with van der Waals surface area (Å²) < 4.78 is 26.2. The highest BCUT2D eigenvalue weighted by atomic mass is 32.2. The van der Waals surface area contributed by atoms with Crippen molar-refractivity contribution in [1.29, 1.82) is 5.26 Å². The Morgan fingerprint density at radius 3 is 2.58 bits per heavy atom. The Bertz CT molecular complexity index is 631. The van der Waals surface area contributed by atoms with E-state index in [1.54, 1.807) is 26.1 Å². The molecule has 0 aliphatic heterocycles. The third kappa shape index (κ3) is 2.80. The van der Waals surface area contributed by atoms with Gasteiger partial charge in [0.15, 0.2) is 0 Å². The molecule has 1 fully saturated rings. The minimum atomic E-state index is -3.44. The topological polar surface area (TPSA) is 61.2 Å². The minimum absolute atomic E-state index is 0.264. The van der Waals surface area contributed by atoms with E-state index in [9.17, 15) is 8.42 Å². The highest BCUT2D eigenvalue weighted by molar-refractivity contribution is 7.89. The summed E-state index contributed by atoms with van der Waals surface area (Å²) in [6.07, 6.45) is 1.10. The standard InChI is InChI=1S/C14H18N2O2S/c1-10-6-13(10)9-16(3)19(17,18)14-5-4-12(8-15)11(2)7-14/h4-5,7,10,13H,6,9H2,1-3H3. The molecule has 0 heterocycles. The van der Waals surface area contributed by atoms with Crippen molar-refractivity contribution < 1.29 is 8.42 Å². The van der Waals surface area contributed by atoms with Crippen LogP contribution in [-0.2, 0) is 10.0 Å². The van der Waals surface area contributed by atoms with Crippen LogP contribution >= 0.6 is 0 Å². The molecular weight excluding hydrogens is 260 g/mol. The van der Waals surface area contributed by atoms with Crippen LogP contribution < -0.4 is 0 Å². The van der Waals surface area contributed by atoms with Crippen molar-refractivity contribution in [3.8, 4) is 6.07 Å². The molecule has 2 unspecified atom stereocenters. The maximum atomic E-state index is 12.4. The molecule has 5 heteroatoms. The van der Waals surface area contributed by atoms with Crippen molar-refractivity contribution in [1.82, 2.24) is 4.31 Å². The van der Waals surface area contributed by atoms with Gasteiger partial charge in [0.05, 0.1) is 16.5 Å². The van der Waals surface area contributed by atoms with Gasteiger partial charge in [-0.1, -0.05) is 6.92 Å². The molecule has 0 spiro atoms. The summed E-state index contributed by atoms with van der Waals surface area (Å²) in [6, 6.07) is 6.69. The van der Waals surface area contributed by atoms with Crippen LogP contribution in [0.5, 0.6) is 0 Å². The predicted molar refractivity (Wildman–Crippen MR) is 73.0 cm³/mol. The van der Waals surface area contributed by atoms with Crippen LogP contribution in [0.1, 0.15) is 24.5 Å². The van der Waals surface area contributed by atoms with E-state index in [1.165, 1.54) is 10.4 Å². The number of hydrogen-bond acceptors (Lipinski definition) is 3. The number of aryl methyl sites for hydroxylation is 1. The number of nitriles is 1. The van der Waals surface area contributed by atoms with Gasteiger partial charge in [-0.25, -0.2) is 12.7 Å². The van der Waals surface area contributed by atoms with Crippen molar-refractivity contribution >= 4 is 10.0 Å². The predicted octanol–water partition coefficient (Wildman–Crippen LogP) is 2.14. The lowest BCUT2D eigenvalue weighted by Crippen LogP contribution is -2.29. The number of rotatable bonds is 4. The maximum absolute atomic E-state index is 12.4. The summed E-state index contributed by atoms with van der Waals surface area (Å²) in [5.74, 6) is 1.11. The molecule has 0 aromatic heterocycles. The van der Waals surface area contributed by atoms with E-state index in [2.05, 4.69) is 6.92 Å². The highest BCUT2D eigenvalue weighted by Gasteiger charge is 2.36. The van der Waals surface area contributed by atoms with Crippen molar-refractivity contribution in [2.75, 3.05) is 13.6 Å². The van der Waals surface area contributed by atoms with Gasteiger partial charge < -0.3 is 0 Å². The molecule has 2 atom stereocenters. The van der Waals surface area contributed by atoms with Gasteiger partial charge in [0.2, 0.25) is 10.0 Å². The molecule has 0 bridgehead atoms. The molecule has 0 amide bonds. The van der Waals surface area contributed by atoms with E-state index in [-0.39, 0.29) is 4.90 Å². The first-order valence-corrected chi connectivity index (χ1v) is 7.77. The van der Waals surface area contributed by atoms with E-state index in [4.69, 9.17) is 5.26 Å². The van der Waals surface area contributed by atoms with Gasteiger partial charge in [0.25, 0.3) is 0 Å². The van der Waals surface area contributed by atoms with Gasteiger partial charge >= 0.3 is 0 Å². The molecule has 19 heavy (non-hydrogen) atoms. The third-order valence-electron chi connectivity index (χ3n) is 3.79. The fourth-order valence-electron chi connectivity index (χ4n) is 2.18. The van der Waals surface area contributed by atoms with E-state index < -0.39 is 10.0 Å². The van der Waals surface area contributed by atoms with E-state index in [1.807, 2.05) is 6.07 Å². The smallest absolute Gasteiger partial charge is 0.207 e. The average Bonchev–Trinajstić information content (AvgIpc) is 3.04. The highest BCUT2D eigenvalue weighted by Crippen LogP contribution is 2.38. The van der Waals surface area contributed by atoms with E-state index >= 15 is 0 Å². The Balaban J connectivity index is 2.24. The average molecular weight is 278 g/mol. The molecular formula is C14H18N2O2S. The number of benzene rings is 1. The van der Waals surface area contributed by atoms with Crippen LogP contribution in [0.25, 0.3) is 0 Å². The summed E-state index contributed by atoms with van der Waals surface area (Å²) >= 11 is 0. The molecule has 1 saturated carbocycles. The third-order valence-corrected chi connectivity index (χ3v) is 5.61. The molecule has 1 aromatic rings. The Hall–Kier alpha value is -1.38. The fraction of sp³-hybridized carbons (Fsp3) is 0.500. The van der Waals surface area contributed by atoms with E-state index in [0.717, 1.165) is 6.42 Å². The van der Waals surface area contributed by atoms with Gasteiger partial charge in [-0.2, -0.15) is 5.26 Å². The Morgan fingerprint density at radius 1 is 1.47 bits per heavy atom. The Labute approximate surface area is 114 Å². The van der Waals surface area contributed by atoms with Crippen LogP contribution in [0.15, 0.2) is 23.1 Å². The molecule has 1 aliphatic rings. The van der Waals surface area contributed by atoms with Gasteiger partial charge in [0.1, 0.15) is 0 Å². The Kier molecular flexibility index (Phi) is 3.66. The summed E-state index contributed by atoms with van der Waals surface area (Å²) in [7, 11) is -1.82. The molecule has 4 nitrogen and oxygen atoms in total. The van der Waals surface area contributed by atoms with E-state index in [0.29, 0.717) is 29.5 Å². The Morgan fingerprint density at radius 2 is 2.11 bits per heavy atom. The number of sulfonamides is 1. The first-order chi connectivity index (χ1) is 8.86. The second-order valence-electron chi connectivity index (χ2n) is 5.35. The van der Waals surface area contributed by atoms with Gasteiger partial charge in [-0.3, -0.25) is 0 Å². The van der Waals surface area contributed by atoms with Crippen LogP contribution in [0.4, 0.5) is 0 Å². The normalized spacial score (nSPS) is 22.3. The second-order valence-corrected chi connectivity index (χ2v) is 7.39. The van der Waals surface area contributed by atoms with Crippen LogP contribution in [0.3, 0.4) is 0 Å². The summed E-state index contributed by atoms with van der Waals surface area (Å²) in [5.41, 5.74) is 1.20. The molecule has 0 N–H and O–H groups in total. The SMILES string of the molecule is Cc1cc(S(=O)(=O)N(C)CC2CC2C)ccc1C#N. The van der Waals surface area contributed by atoms with Crippen molar-refractivity contribution in [3.63, 3.8) is 0 Å². The zero-order valence-electron chi connectivity index (χ0n) is 11.4. The number of hydrogen-bond donors (Lipinski definition) is 0. The van der Waals surface area contributed by atoms with Gasteiger partial charge in [-0.15, -0.1) is 0 Å². The number of nitrogens with zero attached hydrogens (tertiary/aromatic N) is 2. The minimum Gasteiger partial charge on any atom is -0.207 e. The van der Waals surface area contributed by atoms with Crippen LogP contribution in [0.2, 0.25) is 0 Å². The molecule has 102 valence electrons. The monoisotopic (exact) mass is 278 g/mol. The quantitative estimate of drug-likeness (QED) is 0.847. The zero-order chi connectivity index (χ0) is 14.2. The summed E-state index contributed by atoms with van der Waals surface area (Å²) in [6.45, 7) is 4.46. The fourth-order valence-corrected chi connectivity index (χ4v) is 3.50. The van der Waals surface area contributed by atoms with Crippen molar-refractivity contribution in [2.45, 2.75) is 25.2 Å². The lowest BCUT2D eigenvalue weighted by molar-refractivity contribution is 0.444. The largest absolute Gasteiger partial charge is 0.242 e. The molecule has 1 aliphatic carbocycles. The lowest BCUT2D eigenvalue weighted by Gasteiger charge is -2.17. The maximum Gasteiger partial charge on any atom is 0.242 e. The molecule has 2 rings (SSSR count). The van der Waals surface area contributed by atoms with Crippen LogP contribution in [-0.4, -0.2) is 26.3 Å². The molecule has 0 saturated heterocycles. The summed E-state index contributed by atoms with van der Waals surface area (Å²) in [4.78, 5) is 0.264. The zero-order valence-corrected chi connectivity index (χ0v) is 12.2. The van der Waals surface area contributed by atoms with Gasteiger partial charge in [0, 0.05) is 13.6 Å². The van der Waals surface area contributed by atoms with Gasteiger partial charge in [-0.05, 0) is 48.9 Å². The first-order valence-electron chi connectivity index (χ1n) is 6.33. The second kappa shape index (κ2) is 4.95. The van der Waals surface area contributed by atoms with Crippen molar-refractivity contribution in [3.05, 3.63) is 29.3 Å². The first kappa shape index (κ1) is 14.0. The van der Waals surface area contributed by atoms with Crippen LogP contribution in [0, 0.1) is 30.1 Å². The van der Waals surface area contributed by atoms with Crippen molar-refractivity contribution in [2.24, 2.45) is 11.8 Å². The summed E-state index contributed by atoms with van der Waals surface area (Å²) in [5, 5.41) is 8.87. The lowest BCUT2D eigenvalue weighted by atomic mass is 10.1. The molecule has 1 aromatic carbocycles. The molecule has 0 radical (unpaired) electrons.